The number of methoxy groups -OCH3 is 2. The summed E-state index contributed by atoms with van der Waals surface area (Å²) in [5, 5.41) is 2.08. The average Bonchev–Trinajstić information content (AvgIpc) is 2.80. The molecule has 2 aromatic rings. The molecule has 0 saturated heterocycles. The molecule has 0 spiro atoms. The number of ether oxygens (including phenoxy) is 2. The zero-order chi connectivity index (χ0) is 13.8. The summed E-state index contributed by atoms with van der Waals surface area (Å²) < 4.78 is 13.8. The molecule has 1 heterocycles. The van der Waals surface area contributed by atoms with Gasteiger partial charge in [0.1, 0.15) is 11.5 Å². The first-order valence-electron chi connectivity index (χ1n) is 6.12. The maximum atomic E-state index is 5.44. The van der Waals surface area contributed by atoms with Crippen LogP contribution in [0.2, 0.25) is 0 Å². The molecule has 0 unspecified atom stereocenters. The molecule has 0 fully saturated rings. The quantitative estimate of drug-likeness (QED) is 0.765. The van der Waals surface area contributed by atoms with E-state index >= 15 is 0 Å². The van der Waals surface area contributed by atoms with Gasteiger partial charge >= 0.3 is 0 Å². The molecule has 5 heteroatoms. The van der Waals surface area contributed by atoms with Gasteiger partial charge in [0.2, 0.25) is 0 Å². The Morgan fingerprint density at radius 1 is 1.26 bits per heavy atom. The lowest BCUT2D eigenvalue weighted by molar-refractivity contribution is 0.404. The van der Waals surface area contributed by atoms with Gasteiger partial charge in [0.25, 0.3) is 0 Å². The first-order valence-corrected chi connectivity index (χ1v) is 7.40. The van der Waals surface area contributed by atoms with E-state index in [4.69, 9.17) is 21.7 Å². The Kier molecular flexibility index (Phi) is 4.61. The van der Waals surface area contributed by atoms with E-state index in [-0.39, 0.29) is 0 Å². The van der Waals surface area contributed by atoms with Crippen LogP contribution in [0.3, 0.4) is 0 Å². The van der Waals surface area contributed by atoms with Crippen LogP contribution in [0.5, 0.6) is 11.5 Å². The van der Waals surface area contributed by atoms with E-state index in [0.717, 1.165) is 39.7 Å². The van der Waals surface area contributed by atoms with Crippen LogP contribution in [0.25, 0.3) is 11.3 Å². The zero-order valence-corrected chi connectivity index (χ0v) is 12.9. The third-order valence-corrected chi connectivity index (χ3v) is 4.18. The van der Waals surface area contributed by atoms with Gasteiger partial charge in [-0.2, -0.15) is 0 Å². The Labute approximate surface area is 122 Å². The van der Waals surface area contributed by atoms with Crippen molar-refractivity contribution in [3.63, 3.8) is 0 Å². The van der Waals surface area contributed by atoms with E-state index in [1.807, 2.05) is 18.2 Å². The zero-order valence-electron chi connectivity index (χ0n) is 11.3. The third kappa shape index (κ3) is 2.82. The molecule has 0 aliphatic carbocycles. The van der Waals surface area contributed by atoms with Crippen LogP contribution in [-0.2, 0) is 6.54 Å². The lowest BCUT2D eigenvalue weighted by Crippen LogP contribution is -2.00. The predicted octanol–water partition coefficient (Wildman–Crippen LogP) is 4.37. The van der Waals surface area contributed by atoms with Gasteiger partial charge in [-0.05, 0) is 36.8 Å². The third-order valence-electron chi connectivity index (χ3n) is 2.91. The van der Waals surface area contributed by atoms with Gasteiger partial charge < -0.3 is 14.0 Å². The Morgan fingerprint density at radius 2 is 2.05 bits per heavy atom. The summed E-state index contributed by atoms with van der Waals surface area (Å²) in [6.45, 7) is 3.06. The summed E-state index contributed by atoms with van der Waals surface area (Å²) in [7, 11) is 3.34. The highest BCUT2D eigenvalue weighted by molar-refractivity contribution is 7.73. The largest absolute Gasteiger partial charge is 0.497 e. The van der Waals surface area contributed by atoms with Crippen LogP contribution in [0.1, 0.15) is 13.3 Å². The fourth-order valence-corrected chi connectivity index (χ4v) is 3.11. The molecule has 0 aliphatic rings. The first-order chi connectivity index (χ1) is 9.21. The van der Waals surface area contributed by atoms with Gasteiger partial charge in [0, 0.05) is 17.5 Å². The molecular formula is C14H17NO2S2. The summed E-state index contributed by atoms with van der Waals surface area (Å²) in [6, 6.07) is 5.81. The molecule has 3 nitrogen and oxygen atoms in total. The van der Waals surface area contributed by atoms with Gasteiger partial charge in [-0.15, -0.1) is 11.3 Å². The molecule has 0 aliphatic heterocycles. The molecule has 0 saturated carbocycles. The molecule has 0 amide bonds. The number of nitrogens with zero attached hydrogens (tertiary/aromatic N) is 1. The highest BCUT2D eigenvalue weighted by Crippen LogP contribution is 2.35. The van der Waals surface area contributed by atoms with Gasteiger partial charge in [-0.1, -0.05) is 6.92 Å². The molecule has 0 N–H and O–H groups in total. The average molecular weight is 295 g/mol. The van der Waals surface area contributed by atoms with Crippen LogP contribution < -0.4 is 9.47 Å². The SMILES string of the molecule is CCCn1c(-c2cc(OC)ccc2OC)csc1=S. The van der Waals surface area contributed by atoms with Crippen LogP contribution >= 0.6 is 23.6 Å². The second kappa shape index (κ2) is 6.21. The Morgan fingerprint density at radius 3 is 2.68 bits per heavy atom. The summed E-state index contributed by atoms with van der Waals surface area (Å²) in [5.41, 5.74) is 2.11. The van der Waals surface area contributed by atoms with Gasteiger partial charge in [-0.25, -0.2) is 0 Å². The van der Waals surface area contributed by atoms with E-state index in [1.54, 1.807) is 25.6 Å². The number of thiazole rings is 1. The minimum absolute atomic E-state index is 0.816. The predicted molar refractivity (Wildman–Crippen MR) is 82.0 cm³/mol. The molecule has 102 valence electrons. The van der Waals surface area contributed by atoms with Crippen molar-refractivity contribution in [3.8, 4) is 22.8 Å². The van der Waals surface area contributed by atoms with E-state index in [9.17, 15) is 0 Å². The topological polar surface area (TPSA) is 23.4 Å². The summed E-state index contributed by atoms with van der Waals surface area (Å²) >= 11 is 6.97. The van der Waals surface area contributed by atoms with E-state index in [0.29, 0.717) is 0 Å². The van der Waals surface area contributed by atoms with Crippen molar-refractivity contribution in [1.29, 1.82) is 0 Å². The minimum atomic E-state index is 0.816. The normalized spacial score (nSPS) is 10.5. The van der Waals surface area contributed by atoms with Gasteiger partial charge in [0.05, 0.1) is 19.9 Å². The second-order valence-corrected chi connectivity index (χ2v) is 5.61. The van der Waals surface area contributed by atoms with Crippen molar-refractivity contribution < 1.29 is 9.47 Å². The van der Waals surface area contributed by atoms with Crippen LogP contribution in [0, 0.1) is 3.95 Å². The lowest BCUT2D eigenvalue weighted by Gasteiger charge is -2.12. The van der Waals surface area contributed by atoms with Crippen molar-refractivity contribution >= 4 is 23.6 Å². The number of hydrogen-bond acceptors (Lipinski definition) is 4. The van der Waals surface area contributed by atoms with E-state index in [2.05, 4.69) is 16.9 Å². The second-order valence-electron chi connectivity index (χ2n) is 4.10. The van der Waals surface area contributed by atoms with E-state index < -0.39 is 0 Å². The lowest BCUT2D eigenvalue weighted by atomic mass is 10.1. The molecule has 0 bridgehead atoms. The number of rotatable bonds is 5. The van der Waals surface area contributed by atoms with Crippen molar-refractivity contribution in [2.75, 3.05) is 14.2 Å². The van der Waals surface area contributed by atoms with Crippen LogP contribution in [-0.4, -0.2) is 18.8 Å². The number of aromatic nitrogens is 1. The fourth-order valence-electron chi connectivity index (χ4n) is 1.99. The maximum Gasteiger partial charge on any atom is 0.161 e. The number of hydrogen-bond donors (Lipinski definition) is 0. The highest BCUT2D eigenvalue weighted by Gasteiger charge is 2.12. The molecule has 1 aromatic heterocycles. The van der Waals surface area contributed by atoms with Crippen molar-refractivity contribution in [2.45, 2.75) is 19.9 Å². The summed E-state index contributed by atoms with van der Waals surface area (Å²) in [5.74, 6) is 1.65. The summed E-state index contributed by atoms with van der Waals surface area (Å²) in [4.78, 5) is 0. The molecule has 0 atom stereocenters. The first kappa shape index (κ1) is 14.1. The van der Waals surface area contributed by atoms with E-state index in [1.165, 1.54) is 0 Å². The Bertz CT molecular complexity index is 616. The van der Waals surface area contributed by atoms with Crippen LogP contribution in [0.4, 0.5) is 0 Å². The maximum absolute atomic E-state index is 5.44. The van der Waals surface area contributed by atoms with Crippen molar-refractivity contribution in [1.82, 2.24) is 4.57 Å². The Balaban J connectivity index is 2.60. The highest BCUT2D eigenvalue weighted by atomic mass is 32.1. The summed E-state index contributed by atoms with van der Waals surface area (Å²) in [6.07, 6.45) is 1.05. The van der Waals surface area contributed by atoms with Crippen molar-refractivity contribution in [2.24, 2.45) is 0 Å². The minimum Gasteiger partial charge on any atom is -0.497 e. The van der Waals surface area contributed by atoms with Gasteiger partial charge in [0.15, 0.2) is 3.95 Å². The molecular weight excluding hydrogens is 278 g/mol. The van der Waals surface area contributed by atoms with Crippen molar-refractivity contribution in [3.05, 3.63) is 27.5 Å². The molecule has 2 rings (SSSR count). The molecule has 0 radical (unpaired) electrons. The molecule has 1 aromatic carbocycles. The Hall–Kier alpha value is -1.33. The monoisotopic (exact) mass is 295 g/mol. The van der Waals surface area contributed by atoms with Crippen LogP contribution in [0.15, 0.2) is 23.6 Å². The smallest absolute Gasteiger partial charge is 0.161 e. The number of benzene rings is 1. The van der Waals surface area contributed by atoms with Gasteiger partial charge in [-0.3, -0.25) is 0 Å². The fraction of sp³-hybridized carbons (Fsp3) is 0.357. The molecule has 19 heavy (non-hydrogen) atoms. The standard InChI is InChI=1S/C14H17NO2S2/c1-4-7-15-12(9-19-14(15)18)11-8-10(16-2)5-6-13(11)17-3/h5-6,8-9H,4,7H2,1-3H3.